The number of amides is 1. The van der Waals surface area contributed by atoms with Gasteiger partial charge in [-0.05, 0) is 24.3 Å². The number of nitrogens with one attached hydrogen (secondary N) is 1. The fourth-order valence-electron chi connectivity index (χ4n) is 5.66. The van der Waals surface area contributed by atoms with Crippen molar-refractivity contribution in [2.45, 2.75) is 31.7 Å². The van der Waals surface area contributed by atoms with E-state index < -0.39 is 35.3 Å². The molecular formula is C31H32ClNO10. The van der Waals surface area contributed by atoms with E-state index in [4.69, 9.17) is 44.4 Å². The van der Waals surface area contributed by atoms with Gasteiger partial charge in [0.2, 0.25) is 23.1 Å². The van der Waals surface area contributed by atoms with Crippen LogP contribution in [0.5, 0.6) is 23.0 Å². The monoisotopic (exact) mass is 613 g/mol. The van der Waals surface area contributed by atoms with Gasteiger partial charge in [0.25, 0.3) is 0 Å². The van der Waals surface area contributed by atoms with Crippen molar-refractivity contribution in [3.8, 4) is 34.3 Å². The molecule has 228 valence electrons. The van der Waals surface area contributed by atoms with Crippen LogP contribution in [0.4, 0.5) is 0 Å². The summed E-state index contributed by atoms with van der Waals surface area (Å²) in [6.07, 6.45) is -0.707. The van der Waals surface area contributed by atoms with Crippen LogP contribution in [0.15, 0.2) is 34.7 Å². The third kappa shape index (κ3) is 4.91. The summed E-state index contributed by atoms with van der Waals surface area (Å²) in [6, 6.07) is 8.51. The number of Topliss-reactive ketones (excluding diaryl/α,β-unsaturated/α-hetero) is 2. The Morgan fingerprint density at radius 3 is 2.26 bits per heavy atom. The summed E-state index contributed by atoms with van der Waals surface area (Å²) in [7, 11) is 7.29. The van der Waals surface area contributed by atoms with Crippen molar-refractivity contribution in [3.63, 3.8) is 0 Å². The standard InChI is InChI=1S/C31H32ClNO10/c1-15-11-20-24(29(35)31(15)30(36)25-19(38-3)13-21(39-4)26(32)28(25)43-31)18(12-22(34)33-14-23(40-5)41-6)27(42-20)16-7-9-17(37-2)10-8-16/h7-10,13,15,23H,11-12,14H2,1-6H3,(H,33,34)/t15-,31+/m1/s1. The highest BCUT2D eigenvalue weighted by Crippen LogP contribution is 2.54. The van der Waals surface area contributed by atoms with Crippen molar-refractivity contribution in [3.05, 3.63) is 57.8 Å². The molecule has 1 N–H and O–H groups in total. The predicted octanol–water partition coefficient (Wildman–Crippen LogP) is 4.29. The highest BCUT2D eigenvalue weighted by atomic mass is 35.5. The summed E-state index contributed by atoms with van der Waals surface area (Å²) in [4.78, 5) is 42.0. The van der Waals surface area contributed by atoms with Crippen LogP contribution in [-0.4, -0.2) is 71.5 Å². The minimum absolute atomic E-state index is 0.00913. The number of rotatable bonds is 10. The molecule has 43 heavy (non-hydrogen) atoms. The molecule has 1 aromatic heterocycles. The third-order valence-corrected chi connectivity index (χ3v) is 8.29. The van der Waals surface area contributed by atoms with Gasteiger partial charge in [0, 0.05) is 43.8 Å². The van der Waals surface area contributed by atoms with Gasteiger partial charge < -0.3 is 38.2 Å². The van der Waals surface area contributed by atoms with Gasteiger partial charge >= 0.3 is 0 Å². The number of ketones is 2. The number of carbonyl (C=O) groups excluding carboxylic acids is 3. The van der Waals surface area contributed by atoms with Crippen LogP contribution in [0.3, 0.4) is 0 Å². The van der Waals surface area contributed by atoms with E-state index in [1.807, 2.05) is 0 Å². The minimum atomic E-state index is -1.96. The quantitative estimate of drug-likeness (QED) is 0.261. The third-order valence-electron chi connectivity index (χ3n) is 7.93. The van der Waals surface area contributed by atoms with Crippen molar-refractivity contribution in [2.75, 3.05) is 42.1 Å². The number of carbonyl (C=O) groups is 3. The average Bonchev–Trinajstić information content (AvgIpc) is 3.53. The second-order valence-electron chi connectivity index (χ2n) is 10.2. The van der Waals surface area contributed by atoms with Gasteiger partial charge in [-0.25, -0.2) is 0 Å². The van der Waals surface area contributed by atoms with Crippen molar-refractivity contribution < 1.29 is 47.2 Å². The molecule has 0 unspecified atom stereocenters. The van der Waals surface area contributed by atoms with E-state index in [0.29, 0.717) is 28.4 Å². The Bertz CT molecular complexity index is 1580. The molecule has 0 bridgehead atoms. The van der Waals surface area contributed by atoms with Crippen LogP contribution in [0.1, 0.15) is 39.0 Å². The van der Waals surface area contributed by atoms with Crippen molar-refractivity contribution >= 4 is 29.1 Å². The fraction of sp³-hybridized carbons (Fsp3) is 0.387. The van der Waals surface area contributed by atoms with E-state index in [-0.39, 0.29) is 52.8 Å². The number of furan rings is 1. The second-order valence-corrected chi connectivity index (χ2v) is 10.6. The van der Waals surface area contributed by atoms with E-state index >= 15 is 0 Å². The zero-order chi connectivity index (χ0) is 31.1. The largest absolute Gasteiger partial charge is 0.497 e. The Hall–Kier alpha value is -4.06. The first kappa shape index (κ1) is 30.4. The van der Waals surface area contributed by atoms with Gasteiger partial charge in [-0.1, -0.05) is 18.5 Å². The minimum Gasteiger partial charge on any atom is -0.497 e. The molecule has 11 nitrogen and oxygen atoms in total. The number of halogens is 1. The molecule has 1 amide bonds. The Labute approximate surface area is 253 Å². The molecule has 2 heterocycles. The fourth-order valence-corrected chi connectivity index (χ4v) is 5.92. The van der Waals surface area contributed by atoms with E-state index in [1.165, 1.54) is 34.5 Å². The molecular weight excluding hydrogens is 582 g/mol. The molecule has 5 rings (SSSR count). The number of fused-ring (bicyclic) bond motifs is 2. The van der Waals surface area contributed by atoms with Crippen LogP contribution in [0.2, 0.25) is 5.02 Å². The second kappa shape index (κ2) is 11.9. The number of ether oxygens (including phenoxy) is 6. The van der Waals surface area contributed by atoms with Gasteiger partial charge in [0.1, 0.15) is 39.4 Å². The predicted molar refractivity (Wildman–Crippen MR) is 155 cm³/mol. The van der Waals surface area contributed by atoms with E-state index in [9.17, 15) is 14.4 Å². The molecule has 2 aromatic carbocycles. The number of hydrogen-bond acceptors (Lipinski definition) is 10. The van der Waals surface area contributed by atoms with Crippen LogP contribution < -0.4 is 24.3 Å². The summed E-state index contributed by atoms with van der Waals surface area (Å²) < 4.78 is 39.0. The normalized spacial score (nSPS) is 18.8. The van der Waals surface area contributed by atoms with E-state index in [0.717, 1.165) is 0 Å². The van der Waals surface area contributed by atoms with E-state index in [2.05, 4.69) is 5.32 Å². The maximum absolute atomic E-state index is 14.6. The Kier molecular flexibility index (Phi) is 8.42. The molecule has 0 fully saturated rings. The topological polar surface area (TPSA) is 132 Å². The Morgan fingerprint density at radius 1 is 1.00 bits per heavy atom. The number of methoxy groups -OCH3 is 5. The lowest BCUT2D eigenvalue weighted by Crippen LogP contribution is -2.56. The van der Waals surface area contributed by atoms with Gasteiger partial charge in [-0.15, -0.1) is 0 Å². The molecule has 3 aromatic rings. The molecule has 1 aliphatic heterocycles. The van der Waals surface area contributed by atoms with Crippen LogP contribution in [0, 0.1) is 5.92 Å². The smallest absolute Gasteiger partial charge is 0.237 e. The summed E-state index contributed by atoms with van der Waals surface area (Å²) >= 11 is 6.57. The van der Waals surface area contributed by atoms with Crippen LogP contribution in [-0.2, 0) is 27.1 Å². The molecule has 0 saturated carbocycles. The lowest BCUT2D eigenvalue weighted by molar-refractivity contribution is -0.126. The first-order valence-electron chi connectivity index (χ1n) is 13.5. The highest BCUT2D eigenvalue weighted by Gasteiger charge is 2.63. The molecule has 1 spiro atoms. The SMILES string of the molecule is COc1ccc(-c2oc3c(c2CC(=O)NCC(OC)OC)C(=O)[C@@]2(Oc4c(Cl)c(OC)cc(OC)c4C2=O)[C@H](C)C3)cc1. The van der Waals surface area contributed by atoms with Crippen LogP contribution in [0.25, 0.3) is 11.3 Å². The zero-order valence-corrected chi connectivity index (χ0v) is 25.4. The molecule has 0 radical (unpaired) electrons. The van der Waals surface area contributed by atoms with Crippen molar-refractivity contribution in [1.29, 1.82) is 0 Å². The Balaban J connectivity index is 1.62. The summed E-state index contributed by atoms with van der Waals surface area (Å²) in [6.45, 7) is 1.82. The molecule has 2 atom stereocenters. The maximum atomic E-state index is 14.6. The van der Waals surface area contributed by atoms with Gasteiger partial charge in [0.05, 0.1) is 39.9 Å². The summed E-state index contributed by atoms with van der Waals surface area (Å²) in [5.41, 5.74) is -0.835. The first-order valence-corrected chi connectivity index (χ1v) is 13.9. The average molecular weight is 614 g/mol. The summed E-state index contributed by atoms with van der Waals surface area (Å²) in [5.74, 6) is -0.564. The first-order chi connectivity index (χ1) is 20.6. The summed E-state index contributed by atoms with van der Waals surface area (Å²) in [5, 5.41) is 2.81. The maximum Gasteiger partial charge on any atom is 0.237 e. The number of hydrogen-bond donors (Lipinski definition) is 1. The lowest BCUT2D eigenvalue weighted by Gasteiger charge is -2.35. The van der Waals surface area contributed by atoms with E-state index in [1.54, 1.807) is 38.3 Å². The van der Waals surface area contributed by atoms with Crippen molar-refractivity contribution in [1.82, 2.24) is 5.32 Å². The van der Waals surface area contributed by atoms with Gasteiger partial charge in [-0.2, -0.15) is 0 Å². The highest BCUT2D eigenvalue weighted by molar-refractivity contribution is 6.36. The molecule has 1 aliphatic carbocycles. The van der Waals surface area contributed by atoms with Crippen LogP contribution >= 0.6 is 11.6 Å². The molecule has 12 heteroatoms. The zero-order valence-electron chi connectivity index (χ0n) is 24.6. The molecule has 2 aliphatic rings. The molecule has 0 saturated heterocycles. The lowest BCUT2D eigenvalue weighted by atomic mass is 9.70. The van der Waals surface area contributed by atoms with Crippen molar-refractivity contribution in [2.24, 2.45) is 5.92 Å². The number of benzene rings is 2. The van der Waals surface area contributed by atoms with Gasteiger partial charge in [0.15, 0.2) is 12.0 Å². The Morgan fingerprint density at radius 2 is 1.65 bits per heavy atom. The van der Waals surface area contributed by atoms with Gasteiger partial charge in [-0.3, -0.25) is 14.4 Å².